The highest BCUT2D eigenvalue weighted by molar-refractivity contribution is 6.04. The molecule has 1 N–H and O–H groups in total. The Balaban J connectivity index is 1.56. The van der Waals surface area contributed by atoms with Crippen LogP contribution in [0.25, 0.3) is 0 Å². The number of carbonyl (C=O) groups excluding carboxylic acids is 1. The number of carbonyl (C=O) groups is 1. The van der Waals surface area contributed by atoms with Crippen LogP contribution in [0.3, 0.4) is 0 Å². The summed E-state index contributed by atoms with van der Waals surface area (Å²) >= 11 is 0. The number of nitrogens with one attached hydrogen (secondary N) is 1. The monoisotopic (exact) mass is 367 g/mol. The van der Waals surface area contributed by atoms with Gasteiger partial charge >= 0.3 is 0 Å². The van der Waals surface area contributed by atoms with Crippen LogP contribution in [-0.4, -0.2) is 58.7 Å². The summed E-state index contributed by atoms with van der Waals surface area (Å²) in [6, 6.07) is 8.57. The zero-order valence-electron chi connectivity index (χ0n) is 16.5. The number of likely N-dealkylation sites (N-methyl/N-ethyl adjacent to an activating group) is 1. The van der Waals surface area contributed by atoms with Gasteiger partial charge in [-0.3, -0.25) is 14.4 Å². The largest absolute Gasteiger partial charge is 0.307 e. The van der Waals surface area contributed by atoms with Gasteiger partial charge in [0, 0.05) is 50.9 Å². The topological polar surface area (TPSA) is 53.4 Å². The fraction of sp³-hybridized carbons (Fsp3) is 0.524. The Hall–Kier alpha value is -2.18. The van der Waals surface area contributed by atoms with E-state index in [0.29, 0.717) is 6.04 Å². The second kappa shape index (κ2) is 7.44. The second-order valence-corrected chi connectivity index (χ2v) is 7.91. The van der Waals surface area contributed by atoms with Gasteiger partial charge in [0.05, 0.1) is 5.69 Å². The van der Waals surface area contributed by atoms with E-state index in [1.54, 1.807) is 4.68 Å². The van der Waals surface area contributed by atoms with E-state index in [2.05, 4.69) is 39.4 Å². The molecule has 0 bridgehead atoms. The van der Waals surface area contributed by atoms with Crippen molar-refractivity contribution in [2.75, 3.05) is 38.5 Å². The van der Waals surface area contributed by atoms with Crippen LogP contribution in [0.1, 0.15) is 46.1 Å². The SMILES string of the molecule is Cc1cc(NC(=O)c2ccc3c(c2)C(N2CCN(C)CC2)CCC3)n(C)n1. The van der Waals surface area contributed by atoms with Gasteiger partial charge in [0.2, 0.25) is 0 Å². The van der Waals surface area contributed by atoms with Crippen LogP contribution in [0.5, 0.6) is 0 Å². The minimum absolute atomic E-state index is 0.0662. The van der Waals surface area contributed by atoms with Crippen LogP contribution in [-0.2, 0) is 13.5 Å². The van der Waals surface area contributed by atoms with Crippen molar-refractivity contribution in [1.82, 2.24) is 19.6 Å². The number of nitrogens with zero attached hydrogens (tertiary/aromatic N) is 4. The third-order valence-corrected chi connectivity index (χ3v) is 5.91. The van der Waals surface area contributed by atoms with Gasteiger partial charge in [-0.2, -0.15) is 5.10 Å². The lowest BCUT2D eigenvalue weighted by Crippen LogP contribution is -2.46. The molecule has 0 radical (unpaired) electrons. The Morgan fingerprint density at radius 1 is 1.15 bits per heavy atom. The smallest absolute Gasteiger partial charge is 0.256 e. The average molecular weight is 367 g/mol. The number of benzene rings is 1. The quantitative estimate of drug-likeness (QED) is 0.906. The van der Waals surface area contributed by atoms with E-state index in [-0.39, 0.29) is 5.91 Å². The van der Waals surface area contributed by atoms with Crippen molar-refractivity contribution in [3.8, 4) is 0 Å². The lowest BCUT2D eigenvalue weighted by molar-refractivity contribution is 0.101. The average Bonchev–Trinajstić information content (AvgIpc) is 2.98. The number of rotatable bonds is 3. The molecule has 144 valence electrons. The molecule has 0 saturated carbocycles. The van der Waals surface area contributed by atoms with E-state index in [0.717, 1.165) is 49.7 Å². The van der Waals surface area contributed by atoms with Gasteiger partial charge in [0.1, 0.15) is 5.82 Å². The molecule has 2 aromatic rings. The molecule has 27 heavy (non-hydrogen) atoms. The summed E-state index contributed by atoms with van der Waals surface area (Å²) in [6.07, 6.45) is 3.52. The molecule has 0 spiro atoms. The van der Waals surface area contributed by atoms with Gasteiger partial charge in [-0.15, -0.1) is 0 Å². The van der Waals surface area contributed by atoms with Gasteiger partial charge in [-0.1, -0.05) is 6.07 Å². The summed E-state index contributed by atoms with van der Waals surface area (Å²) in [5.41, 5.74) is 4.37. The Kier molecular flexibility index (Phi) is 5.02. The van der Waals surface area contributed by atoms with Gasteiger partial charge < -0.3 is 10.2 Å². The van der Waals surface area contributed by atoms with Crippen LogP contribution in [0.2, 0.25) is 0 Å². The highest BCUT2D eigenvalue weighted by atomic mass is 16.1. The van der Waals surface area contributed by atoms with E-state index >= 15 is 0 Å². The Bertz CT molecular complexity index is 835. The van der Waals surface area contributed by atoms with Crippen LogP contribution >= 0.6 is 0 Å². The summed E-state index contributed by atoms with van der Waals surface area (Å²) in [5, 5.41) is 7.29. The van der Waals surface area contributed by atoms with Crippen molar-refractivity contribution in [2.45, 2.75) is 32.2 Å². The summed E-state index contributed by atoms with van der Waals surface area (Å²) < 4.78 is 1.71. The second-order valence-electron chi connectivity index (χ2n) is 7.91. The molecule has 6 heteroatoms. The van der Waals surface area contributed by atoms with Crippen molar-refractivity contribution in [2.24, 2.45) is 7.05 Å². The van der Waals surface area contributed by atoms with Crippen LogP contribution in [0.15, 0.2) is 24.3 Å². The maximum absolute atomic E-state index is 12.8. The van der Waals surface area contributed by atoms with E-state index in [1.165, 1.54) is 24.0 Å². The number of aryl methyl sites for hydroxylation is 3. The van der Waals surface area contributed by atoms with Crippen molar-refractivity contribution >= 4 is 11.7 Å². The molecule has 1 fully saturated rings. The van der Waals surface area contributed by atoms with E-state index < -0.39 is 0 Å². The van der Waals surface area contributed by atoms with Gasteiger partial charge in [0.15, 0.2) is 0 Å². The summed E-state index contributed by atoms with van der Waals surface area (Å²) in [4.78, 5) is 17.8. The summed E-state index contributed by atoms with van der Waals surface area (Å²) in [6.45, 7) is 6.36. The zero-order valence-corrected chi connectivity index (χ0v) is 16.5. The first-order valence-corrected chi connectivity index (χ1v) is 9.88. The van der Waals surface area contributed by atoms with Crippen molar-refractivity contribution in [1.29, 1.82) is 0 Å². The first-order valence-electron chi connectivity index (χ1n) is 9.88. The molecule has 1 aliphatic heterocycles. The number of amides is 1. The first-order chi connectivity index (χ1) is 13.0. The highest BCUT2D eigenvalue weighted by Crippen LogP contribution is 2.35. The standard InChI is InChI=1S/C21H29N5O/c1-15-13-20(25(3)23-15)22-21(27)17-8-7-16-5-4-6-19(18(16)14-17)26-11-9-24(2)10-12-26/h7-8,13-14,19H,4-6,9-12H2,1-3H3,(H,22,27). The molecular weight excluding hydrogens is 338 g/mol. The van der Waals surface area contributed by atoms with E-state index in [1.807, 2.05) is 26.1 Å². The Labute approximate surface area is 161 Å². The first kappa shape index (κ1) is 18.2. The van der Waals surface area contributed by atoms with Crippen molar-refractivity contribution < 1.29 is 4.79 Å². The third kappa shape index (κ3) is 3.77. The van der Waals surface area contributed by atoms with Crippen LogP contribution in [0.4, 0.5) is 5.82 Å². The normalized spacial score (nSPS) is 21.1. The van der Waals surface area contributed by atoms with Crippen molar-refractivity contribution in [3.05, 3.63) is 46.6 Å². The Morgan fingerprint density at radius 3 is 2.63 bits per heavy atom. The molecule has 2 aliphatic rings. The molecule has 4 rings (SSSR count). The molecule has 1 aromatic heterocycles. The number of anilines is 1. The molecule has 1 aromatic carbocycles. The summed E-state index contributed by atoms with van der Waals surface area (Å²) in [7, 11) is 4.04. The van der Waals surface area contributed by atoms with Gasteiger partial charge in [0.25, 0.3) is 5.91 Å². The molecule has 2 heterocycles. The zero-order chi connectivity index (χ0) is 19.0. The maximum atomic E-state index is 12.8. The molecule has 1 aliphatic carbocycles. The predicted molar refractivity (Wildman–Crippen MR) is 107 cm³/mol. The molecule has 1 unspecified atom stereocenters. The minimum atomic E-state index is -0.0662. The Morgan fingerprint density at radius 2 is 1.93 bits per heavy atom. The highest BCUT2D eigenvalue weighted by Gasteiger charge is 2.28. The van der Waals surface area contributed by atoms with Crippen LogP contribution in [0, 0.1) is 6.92 Å². The predicted octanol–water partition coefficient (Wildman–Crippen LogP) is 2.61. The number of piperazine rings is 1. The van der Waals surface area contributed by atoms with E-state index in [4.69, 9.17) is 0 Å². The minimum Gasteiger partial charge on any atom is -0.307 e. The molecule has 1 saturated heterocycles. The maximum Gasteiger partial charge on any atom is 0.256 e. The summed E-state index contributed by atoms with van der Waals surface area (Å²) in [5.74, 6) is 0.661. The van der Waals surface area contributed by atoms with Crippen molar-refractivity contribution in [3.63, 3.8) is 0 Å². The fourth-order valence-corrected chi connectivity index (χ4v) is 4.34. The molecule has 1 amide bonds. The molecule has 6 nitrogen and oxygen atoms in total. The van der Waals surface area contributed by atoms with Gasteiger partial charge in [-0.25, -0.2) is 0 Å². The number of hydrogen-bond donors (Lipinski definition) is 1. The third-order valence-electron chi connectivity index (χ3n) is 5.91. The number of hydrogen-bond acceptors (Lipinski definition) is 4. The van der Waals surface area contributed by atoms with Gasteiger partial charge in [-0.05, 0) is 56.5 Å². The van der Waals surface area contributed by atoms with Crippen LogP contribution < -0.4 is 5.32 Å². The molecule has 1 atom stereocenters. The molecular formula is C21H29N5O. The number of aromatic nitrogens is 2. The lowest BCUT2D eigenvalue weighted by Gasteiger charge is -2.40. The number of fused-ring (bicyclic) bond motifs is 1. The fourth-order valence-electron chi connectivity index (χ4n) is 4.34. The lowest BCUT2D eigenvalue weighted by atomic mass is 9.85. The van der Waals surface area contributed by atoms with E-state index in [9.17, 15) is 4.79 Å².